The van der Waals surface area contributed by atoms with E-state index in [1.165, 1.54) is 11.1 Å². The Kier molecular flexibility index (Phi) is 4.57. The summed E-state index contributed by atoms with van der Waals surface area (Å²) >= 11 is 0. The molecule has 8 heteroatoms. The van der Waals surface area contributed by atoms with Crippen LogP contribution in [0.4, 0.5) is 23.7 Å². The Hall–Kier alpha value is -1.96. The fourth-order valence-electron chi connectivity index (χ4n) is 3.17. The highest BCUT2D eigenvalue weighted by atomic mass is 19.4. The van der Waals surface area contributed by atoms with Crippen molar-refractivity contribution in [2.75, 3.05) is 5.06 Å². The second kappa shape index (κ2) is 6.40. The molecule has 0 amide bonds. The standard InChI is InChI=1S/C17H21F3N2O3/c1-9(2)24-16(23)25-22-14-6-5-11(17(18,19)20)7-12(14)13(21)8-15(22)10-3-4-10/h5-7,9-10,13,15H,3-4,8,21H2,1-2H3/t13-,15-/m0/s1. The molecule has 0 bridgehead atoms. The van der Waals surface area contributed by atoms with Gasteiger partial charge in [-0.2, -0.15) is 18.2 Å². The van der Waals surface area contributed by atoms with Crippen LogP contribution in [0.2, 0.25) is 0 Å². The van der Waals surface area contributed by atoms with Gasteiger partial charge in [0.05, 0.1) is 23.4 Å². The van der Waals surface area contributed by atoms with Crippen LogP contribution in [0.3, 0.4) is 0 Å². The summed E-state index contributed by atoms with van der Waals surface area (Å²) in [5.41, 5.74) is 6.07. The molecule has 0 saturated heterocycles. The number of benzene rings is 1. The number of carbonyl (C=O) groups is 1. The van der Waals surface area contributed by atoms with E-state index in [9.17, 15) is 18.0 Å². The summed E-state index contributed by atoms with van der Waals surface area (Å²) < 4.78 is 44.0. The fraction of sp³-hybridized carbons (Fsp3) is 0.588. The van der Waals surface area contributed by atoms with Gasteiger partial charge in [0.25, 0.3) is 0 Å². The van der Waals surface area contributed by atoms with Crippen molar-refractivity contribution in [3.8, 4) is 0 Å². The zero-order chi connectivity index (χ0) is 18.4. The third kappa shape index (κ3) is 3.84. The van der Waals surface area contributed by atoms with Crippen LogP contribution in [0.25, 0.3) is 0 Å². The third-order valence-electron chi connectivity index (χ3n) is 4.46. The maximum Gasteiger partial charge on any atom is 0.533 e. The van der Waals surface area contributed by atoms with Gasteiger partial charge in [-0.1, -0.05) is 0 Å². The molecule has 0 spiro atoms. The lowest BCUT2D eigenvalue weighted by Gasteiger charge is -2.39. The van der Waals surface area contributed by atoms with Crippen LogP contribution in [-0.4, -0.2) is 18.3 Å². The number of carbonyl (C=O) groups excluding carboxylic acids is 1. The van der Waals surface area contributed by atoms with E-state index in [4.69, 9.17) is 15.3 Å². The highest BCUT2D eigenvalue weighted by Crippen LogP contribution is 2.46. The van der Waals surface area contributed by atoms with Crippen molar-refractivity contribution in [2.45, 2.75) is 57.5 Å². The Bertz CT molecular complexity index is 659. The number of anilines is 1. The largest absolute Gasteiger partial charge is 0.533 e. The van der Waals surface area contributed by atoms with Gasteiger partial charge < -0.3 is 15.3 Å². The van der Waals surface area contributed by atoms with Crippen LogP contribution in [0.5, 0.6) is 0 Å². The number of hydrogen-bond acceptors (Lipinski definition) is 5. The minimum Gasteiger partial charge on any atom is -0.430 e. The van der Waals surface area contributed by atoms with Crippen LogP contribution in [0, 0.1) is 5.92 Å². The number of rotatable bonds is 3. The number of ether oxygens (including phenoxy) is 1. The lowest BCUT2D eigenvalue weighted by molar-refractivity contribution is -0.137. The van der Waals surface area contributed by atoms with Gasteiger partial charge >= 0.3 is 12.3 Å². The van der Waals surface area contributed by atoms with Gasteiger partial charge in [0.1, 0.15) is 0 Å². The predicted molar refractivity (Wildman–Crippen MR) is 84.7 cm³/mol. The summed E-state index contributed by atoms with van der Waals surface area (Å²) in [5, 5.41) is 1.39. The number of nitrogens with zero attached hydrogens (tertiary/aromatic N) is 1. The molecule has 1 fully saturated rings. The monoisotopic (exact) mass is 358 g/mol. The van der Waals surface area contributed by atoms with E-state index in [0.717, 1.165) is 25.0 Å². The first-order chi connectivity index (χ1) is 11.7. The quantitative estimate of drug-likeness (QED) is 0.822. The number of hydrogen-bond donors (Lipinski definition) is 1. The second-order valence-electron chi connectivity index (χ2n) is 6.85. The molecule has 1 aromatic rings. The predicted octanol–water partition coefficient (Wildman–Crippen LogP) is 4.17. The van der Waals surface area contributed by atoms with Crippen molar-refractivity contribution >= 4 is 11.8 Å². The van der Waals surface area contributed by atoms with Crippen LogP contribution in [0.15, 0.2) is 18.2 Å². The number of hydroxylamine groups is 1. The first-order valence-corrected chi connectivity index (χ1v) is 8.31. The molecule has 0 radical (unpaired) electrons. The Morgan fingerprint density at radius 3 is 2.56 bits per heavy atom. The van der Waals surface area contributed by atoms with Gasteiger partial charge in [0.2, 0.25) is 0 Å². The molecule has 2 atom stereocenters. The van der Waals surface area contributed by atoms with E-state index in [2.05, 4.69) is 0 Å². The van der Waals surface area contributed by atoms with Gasteiger partial charge in [-0.3, -0.25) is 0 Å². The lowest BCUT2D eigenvalue weighted by Crippen LogP contribution is -2.45. The molecule has 25 heavy (non-hydrogen) atoms. The molecule has 1 aliphatic heterocycles. The number of nitrogens with two attached hydrogens (primary N) is 1. The van der Waals surface area contributed by atoms with Gasteiger partial charge in [-0.05, 0) is 62.8 Å². The van der Waals surface area contributed by atoms with E-state index in [0.29, 0.717) is 23.6 Å². The molecule has 2 aliphatic rings. The molecule has 0 aromatic heterocycles. The molecular formula is C17H21F3N2O3. The maximum atomic E-state index is 13.0. The molecular weight excluding hydrogens is 337 g/mol. The molecule has 1 heterocycles. The highest BCUT2D eigenvalue weighted by molar-refractivity contribution is 5.65. The second-order valence-corrected chi connectivity index (χ2v) is 6.85. The molecule has 5 nitrogen and oxygen atoms in total. The molecule has 0 unspecified atom stereocenters. The van der Waals surface area contributed by atoms with E-state index in [1.807, 2.05) is 0 Å². The summed E-state index contributed by atoms with van der Waals surface area (Å²) in [6, 6.07) is 2.63. The summed E-state index contributed by atoms with van der Waals surface area (Å²) in [6.07, 6.45) is -3.30. The van der Waals surface area contributed by atoms with Crippen molar-refractivity contribution in [1.82, 2.24) is 0 Å². The molecule has 3 rings (SSSR count). The maximum absolute atomic E-state index is 13.0. The van der Waals surface area contributed by atoms with Gasteiger partial charge in [0.15, 0.2) is 0 Å². The first kappa shape index (κ1) is 17.8. The topological polar surface area (TPSA) is 64.8 Å². The van der Waals surface area contributed by atoms with Crippen molar-refractivity contribution in [1.29, 1.82) is 0 Å². The molecule has 1 saturated carbocycles. The number of alkyl halides is 3. The van der Waals surface area contributed by atoms with Gasteiger partial charge in [0, 0.05) is 6.04 Å². The number of fused-ring (bicyclic) bond motifs is 1. The van der Waals surface area contributed by atoms with Crippen LogP contribution >= 0.6 is 0 Å². The Labute approximate surface area is 143 Å². The number of halogens is 3. The SMILES string of the molecule is CC(C)OC(=O)ON1c2ccc(C(F)(F)F)cc2[C@@H](N)C[C@H]1C1CC1. The zero-order valence-corrected chi connectivity index (χ0v) is 14.0. The minimum absolute atomic E-state index is 0.154. The first-order valence-electron chi connectivity index (χ1n) is 8.31. The van der Waals surface area contributed by atoms with Gasteiger partial charge in [-0.25, -0.2) is 4.79 Å². The van der Waals surface area contributed by atoms with Crippen LogP contribution < -0.4 is 10.8 Å². The fourth-order valence-corrected chi connectivity index (χ4v) is 3.17. The summed E-state index contributed by atoms with van der Waals surface area (Å²) in [4.78, 5) is 17.3. The van der Waals surface area contributed by atoms with E-state index >= 15 is 0 Å². The smallest absolute Gasteiger partial charge is 0.430 e. The van der Waals surface area contributed by atoms with Crippen LogP contribution in [0.1, 0.15) is 50.3 Å². The summed E-state index contributed by atoms with van der Waals surface area (Å²) in [6.45, 7) is 3.38. The molecule has 2 N–H and O–H groups in total. The lowest BCUT2D eigenvalue weighted by atomic mass is 9.89. The Morgan fingerprint density at radius 2 is 2.00 bits per heavy atom. The normalized spacial score (nSPS) is 23.4. The van der Waals surface area contributed by atoms with Gasteiger partial charge in [-0.15, -0.1) is 0 Å². The van der Waals surface area contributed by atoms with Crippen molar-refractivity contribution in [3.05, 3.63) is 29.3 Å². The summed E-state index contributed by atoms with van der Waals surface area (Å²) in [7, 11) is 0. The summed E-state index contributed by atoms with van der Waals surface area (Å²) in [5.74, 6) is 0.313. The Balaban J connectivity index is 1.94. The highest BCUT2D eigenvalue weighted by Gasteiger charge is 2.44. The Morgan fingerprint density at radius 1 is 1.32 bits per heavy atom. The molecule has 1 aromatic carbocycles. The van der Waals surface area contributed by atoms with E-state index < -0.39 is 23.9 Å². The van der Waals surface area contributed by atoms with Crippen molar-refractivity contribution < 1.29 is 27.5 Å². The minimum atomic E-state index is -4.45. The average molecular weight is 358 g/mol. The van der Waals surface area contributed by atoms with E-state index in [-0.39, 0.29) is 12.1 Å². The van der Waals surface area contributed by atoms with E-state index in [1.54, 1.807) is 13.8 Å². The zero-order valence-electron chi connectivity index (χ0n) is 14.0. The van der Waals surface area contributed by atoms with Crippen molar-refractivity contribution in [2.24, 2.45) is 11.7 Å². The molecule has 138 valence electrons. The molecule has 1 aliphatic carbocycles. The van der Waals surface area contributed by atoms with Crippen LogP contribution in [-0.2, 0) is 15.8 Å². The third-order valence-corrected chi connectivity index (χ3v) is 4.46. The average Bonchev–Trinajstić information content (AvgIpc) is 3.32. The van der Waals surface area contributed by atoms with Crippen molar-refractivity contribution in [3.63, 3.8) is 0 Å².